The Labute approximate surface area is 257 Å². The molecular weight excluding hydrogens is 742 g/mol. The Balaban J connectivity index is 1.11. The topological polar surface area (TPSA) is 59.9 Å². The summed E-state index contributed by atoms with van der Waals surface area (Å²) in [6.07, 6.45) is 1.63. The van der Waals surface area contributed by atoms with E-state index in [2.05, 4.69) is 98.2 Å². The molecule has 9 heteroatoms. The predicted molar refractivity (Wildman–Crippen MR) is 175 cm³/mol. The third kappa shape index (κ3) is 7.36. The highest BCUT2D eigenvalue weighted by molar-refractivity contribution is 14.1. The molecule has 5 rings (SSSR count). The Morgan fingerprint density at radius 3 is 2.37 bits per heavy atom. The normalized spacial score (nSPS) is 13.7. The number of hydrogen-bond acceptors (Lipinski definition) is 6. The van der Waals surface area contributed by atoms with Crippen molar-refractivity contribution in [3.8, 4) is 11.5 Å². The molecule has 1 aliphatic rings. The van der Waals surface area contributed by atoms with Crippen LogP contribution in [0.5, 0.6) is 11.5 Å². The smallest absolute Gasteiger partial charge is 0.277 e. The van der Waals surface area contributed by atoms with Gasteiger partial charge in [-0.15, -0.1) is 23.5 Å². The van der Waals surface area contributed by atoms with E-state index in [1.165, 1.54) is 27.8 Å². The number of nitrogens with one attached hydrogen (secondary N) is 1. The van der Waals surface area contributed by atoms with Crippen LogP contribution in [0.2, 0.25) is 0 Å². The number of halogens is 2. The molecule has 0 atom stereocenters. The zero-order valence-electron chi connectivity index (χ0n) is 20.2. The largest absolute Gasteiger partial charge is 0.487 e. The summed E-state index contributed by atoms with van der Waals surface area (Å²) in [4.78, 5) is 12.2. The Morgan fingerprint density at radius 1 is 0.921 bits per heavy atom. The van der Waals surface area contributed by atoms with Gasteiger partial charge in [-0.2, -0.15) is 5.10 Å². The number of benzene rings is 4. The van der Waals surface area contributed by atoms with Gasteiger partial charge in [-0.05, 0) is 103 Å². The van der Waals surface area contributed by atoms with Gasteiger partial charge in [-0.3, -0.25) is 4.79 Å². The monoisotopic (exact) mass is 766 g/mol. The number of carbonyl (C=O) groups excluding carboxylic acids is 1. The number of thioether (sulfide) groups is 2. The second kappa shape index (κ2) is 13.4. The predicted octanol–water partition coefficient (Wildman–Crippen LogP) is 7.64. The number of hydrazone groups is 1. The molecule has 1 amide bonds. The minimum Gasteiger partial charge on any atom is -0.487 e. The molecule has 38 heavy (non-hydrogen) atoms. The van der Waals surface area contributed by atoms with E-state index >= 15 is 0 Å². The van der Waals surface area contributed by atoms with Gasteiger partial charge in [0.1, 0.15) is 18.1 Å². The number of fused-ring (bicyclic) bond motifs is 1. The summed E-state index contributed by atoms with van der Waals surface area (Å²) >= 11 is 8.46. The lowest BCUT2D eigenvalue weighted by atomic mass is 10.1. The zero-order chi connectivity index (χ0) is 26.3. The van der Waals surface area contributed by atoms with Crippen molar-refractivity contribution in [3.05, 3.63) is 103 Å². The number of rotatable bonds is 9. The second-order valence-electron chi connectivity index (χ2n) is 8.51. The van der Waals surface area contributed by atoms with E-state index in [1.807, 2.05) is 59.9 Å². The molecule has 0 unspecified atom stereocenters. The summed E-state index contributed by atoms with van der Waals surface area (Å²) in [6, 6.07) is 26.6. The van der Waals surface area contributed by atoms with Crippen LogP contribution in [0.4, 0.5) is 0 Å². The minimum absolute atomic E-state index is 0.0970. The summed E-state index contributed by atoms with van der Waals surface area (Å²) in [7, 11) is 0. The van der Waals surface area contributed by atoms with Crippen LogP contribution in [0.15, 0.2) is 84.0 Å². The molecule has 1 aliphatic heterocycles. The van der Waals surface area contributed by atoms with E-state index in [4.69, 9.17) is 9.47 Å². The molecule has 1 N–H and O–H groups in total. The van der Waals surface area contributed by atoms with Crippen LogP contribution in [0.1, 0.15) is 21.3 Å². The molecule has 0 saturated carbocycles. The van der Waals surface area contributed by atoms with Gasteiger partial charge in [-0.1, -0.05) is 48.5 Å². The number of carbonyl (C=O) groups is 1. The van der Waals surface area contributed by atoms with Gasteiger partial charge < -0.3 is 9.47 Å². The summed E-state index contributed by atoms with van der Waals surface area (Å²) in [5.74, 6) is 3.58. The van der Waals surface area contributed by atoms with Crippen LogP contribution in [0.25, 0.3) is 10.8 Å². The molecular formula is C29H24I2N2O3S2. The molecule has 0 radical (unpaired) electrons. The molecule has 1 fully saturated rings. The molecule has 5 nitrogen and oxygen atoms in total. The fourth-order valence-corrected chi connectivity index (χ4v) is 8.90. The van der Waals surface area contributed by atoms with Crippen LogP contribution in [-0.2, 0) is 11.4 Å². The van der Waals surface area contributed by atoms with Crippen molar-refractivity contribution >= 4 is 91.6 Å². The van der Waals surface area contributed by atoms with Crippen molar-refractivity contribution in [2.45, 2.75) is 11.2 Å². The molecule has 0 bridgehead atoms. The third-order valence-corrected chi connectivity index (χ3v) is 10.5. The summed E-state index contributed by atoms with van der Waals surface area (Å²) in [5, 5.41) is 6.52. The number of nitrogens with zero attached hydrogens (tertiary/aromatic N) is 1. The van der Waals surface area contributed by atoms with Crippen molar-refractivity contribution in [1.29, 1.82) is 0 Å². The molecule has 1 saturated heterocycles. The van der Waals surface area contributed by atoms with E-state index < -0.39 is 0 Å². The lowest BCUT2D eigenvalue weighted by molar-refractivity contribution is -0.123. The lowest BCUT2D eigenvalue weighted by Crippen LogP contribution is -2.24. The van der Waals surface area contributed by atoms with Crippen LogP contribution < -0.4 is 14.9 Å². The number of amides is 1. The average molecular weight is 766 g/mol. The third-order valence-electron chi connectivity index (χ3n) is 5.76. The van der Waals surface area contributed by atoms with Crippen LogP contribution >= 0.6 is 68.7 Å². The maximum absolute atomic E-state index is 12.2. The van der Waals surface area contributed by atoms with E-state index in [-0.39, 0.29) is 12.5 Å². The van der Waals surface area contributed by atoms with Gasteiger partial charge in [0.2, 0.25) is 0 Å². The fourth-order valence-electron chi connectivity index (χ4n) is 3.91. The van der Waals surface area contributed by atoms with E-state index in [9.17, 15) is 4.79 Å². The summed E-state index contributed by atoms with van der Waals surface area (Å²) in [6.45, 7) is 0.391. The van der Waals surface area contributed by atoms with Crippen molar-refractivity contribution in [1.82, 2.24) is 5.43 Å². The Bertz CT molecular complexity index is 1440. The second-order valence-corrected chi connectivity index (χ2v) is 13.6. The molecule has 0 aliphatic carbocycles. The Morgan fingerprint density at radius 2 is 1.63 bits per heavy atom. The first-order valence-electron chi connectivity index (χ1n) is 11.9. The van der Waals surface area contributed by atoms with Crippen LogP contribution in [-0.4, -0.2) is 30.2 Å². The zero-order valence-corrected chi connectivity index (χ0v) is 26.2. The standard InChI is InChI=1S/C29H24I2N2O3S2/c30-25-14-20(15-26(31)28(25)36-17-19-5-6-21-3-1-2-4-23(21)13-19)16-32-33-27(34)18-35-24-9-7-22(8-10-24)29-37-11-12-38-29/h1-10,13-16,29H,11-12,17-18H2,(H,33,34)/b32-16-. The highest BCUT2D eigenvalue weighted by Crippen LogP contribution is 2.45. The summed E-state index contributed by atoms with van der Waals surface area (Å²) in [5.41, 5.74) is 5.81. The highest BCUT2D eigenvalue weighted by atomic mass is 127. The SMILES string of the molecule is O=C(COc1ccc(C2SCCS2)cc1)N/N=C\c1cc(I)c(OCc2ccc3ccccc3c2)c(I)c1. The minimum atomic E-state index is -0.313. The highest BCUT2D eigenvalue weighted by Gasteiger charge is 2.18. The maximum Gasteiger partial charge on any atom is 0.277 e. The molecule has 4 aromatic carbocycles. The molecule has 1 heterocycles. The van der Waals surface area contributed by atoms with E-state index in [1.54, 1.807) is 6.21 Å². The first-order valence-corrected chi connectivity index (χ1v) is 16.2. The van der Waals surface area contributed by atoms with E-state index in [0.717, 1.165) is 24.0 Å². The Hall–Kier alpha value is -1.96. The lowest BCUT2D eigenvalue weighted by Gasteiger charge is -2.12. The van der Waals surface area contributed by atoms with Crippen molar-refractivity contribution < 1.29 is 14.3 Å². The van der Waals surface area contributed by atoms with Gasteiger partial charge in [-0.25, -0.2) is 5.43 Å². The quantitative estimate of drug-likeness (QED) is 0.108. The Kier molecular flexibility index (Phi) is 9.73. The summed E-state index contributed by atoms with van der Waals surface area (Å²) < 4.78 is 14.2. The van der Waals surface area contributed by atoms with E-state index in [0.29, 0.717) is 16.9 Å². The van der Waals surface area contributed by atoms with Crippen molar-refractivity contribution in [2.24, 2.45) is 5.10 Å². The first-order chi connectivity index (χ1) is 18.5. The van der Waals surface area contributed by atoms with Gasteiger partial charge in [0.15, 0.2) is 6.61 Å². The average Bonchev–Trinajstić information content (AvgIpc) is 3.47. The van der Waals surface area contributed by atoms with Gasteiger partial charge in [0, 0.05) is 11.5 Å². The molecule has 194 valence electrons. The van der Waals surface area contributed by atoms with Gasteiger partial charge >= 0.3 is 0 Å². The van der Waals surface area contributed by atoms with Crippen LogP contribution in [0.3, 0.4) is 0 Å². The fraction of sp³-hybridized carbons (Fsp3) is 0.172. The molecule has 0 aromatic heterocycles. The molecule has 4 aromatic rings. The van der Waals surface area contributed by atoms with Crippen molar-refractivity contribution in [3.63, 3.8) is 0 Å². The van der Waals surface area contributed by atoms with Gasteiger partial charge in [0.25, 0.3) is 5.91 Å². The first kappa shape index (κ1) is 27.6. The number of ether oxygens (including phenoxy) is 2. The number of hydrogen-bond donors (Lipinski definition) is 1. The van der Waals surface area contributed by atoms with Crippen LogP contribution in [0, 0.1) is 7.14 Å². The maximum atomic E-state index is 12.2. The molecule has 0 spiro atoms. The van der Waals surface area contributed by atoms with Crippen molar-refractivity contribution in [2.75, 3.05) is 18.1 Å². The van der Waals surface area contributed by atoms with Gasteiger partial charge in [0.05, 0.1) is 17.9 Å².